The van der Waals surface area contributed by atoms with Crippen LogP contribution in [0.1, 0.15) is 20.3 Å². The lowest BCUT2D eigenvalue weighted by atomic mass is 10.0. The van der Waals surface area contributed by atoms with E-state index in [0.717, 1.165) is 6.42 Å². The van der Waals surface area contributed by atoms with E-state index in [2.05, 4.69) is 11.2 Å². The first-order valence-electron chi connectivity index (χ1n) is 4.43. The maximum absolute atomic E-state index is 11.5. The molecule has 0 aliphatic carbocycles. The van der Waals surface area contributed by atoms with Gasteiger partial charge in [-0.25, -0.2) is 0 Å². The van der Waals surface area contributed by atoms with Crippen LogP contribution in [0.5, 0.6) is 0 Å². The number of ether oxygens (including phenoxy) is 1. The molecule has 1 saturated heterocycles. The summed E-state index contributed by atoms with van der Waals surface area (Å²) in [6.45, 7) is 4.81. The Balaban J connectivity index is 2.45. The highest BCUT2D eigenvalue weighted by Gasteiger charge is 2.27. The zero-order valence-electron chi connectivity index (χ0n) is 8.09. The van der Waals surface area contributed by atoms with E-state index in [1.165, 1.54) is 0 Å². The average molecular weight is 181 g/mol. The Morgan fingerprint density at radius 2 is 2.38 bits per heavy atom. The molecule has 0 saturated carbocycles. The van der Waals surface area contributed by atoms with Crippen molar-refractivity contribution in [3.05, 3.63) is 0 Å². The van der Waals surface area contributed by atoms with Gasteiger partial charge in [0, 0.05) is 6.61 Å². The molecule has 1 rings (SSSR count). The van der Waals surface area contributed by atoms with Crippen LogP contribution in [-0.2, 0) is 9.53 Å². The summed E-state index contributed by atoms with van der Waals surface area (Å²) in [7, 11) is 0. The number of nitrogens with one attached hydrogen (secondary N) is 1. The van der Waals surface area contributed by atoms with E-state index >= 15 is 0 Å². The van der Waals surface area contributed by atoms with Crippen LogP contribution >= 0.6 is 0 Å². The highest BCUT2D eigenvalue weighted by Crippen LogP contribution is 2.13. The predicted octanol–water partition coefficient (Wildman–Crippen LogP) is 0.551. The van der Waals surface area contributed by atoms with Gasteiger partial charge in [-0.1, -0.05) is 5.92 Å². The van der Waals surface area contributed by atoms with E-state index in [4.69, 9.17) is 11.2 Å². The molecular weight excluding hydrogens is 166 g/mol. The molecule has 0 aromatic carbocycles. The third-order valence-corrected chi connectivity index (χ3v) is 2.10. The molecule has 0 bridgehead atoms. The quantitative estimate of drug-likeness (QED) is 0.632. The summed E-state index contributed by atoms with van der Waals surface area (Å²) in [5.74, 6) is 2.50. The monoisotopic (exact) mass is 181 g/mol. The highest BCUT2D eigenvalue weighted by molar-refractivity contribution is 5.80. The Hall–Kier alpha value is -1.01. The molecule has 1 N–H and O–H groups in total. The number of carbonyl (C=O) groups excluding carboxylic acids is 1. The van der Waals surface area contributed by atoms with Gasteiger partial charge in [-0.15, -0.1) is 6.42 Å². The zero-order chi connectivity index (χ0) is 9.90. The van der Waals surface area contributed by atoms with Crippen molar-refractivity contribution in [2.24, 2.45) is 5.92 Å². The van der Waals surface area contributed by atoms with E-state index in [1.54, 1.807) is 13.8 Å². The number of terminal acetylenes is 1. The fraction of sp³-hybridized carbons (Fsp3) is 0.700. The minimum Gasteiger partial charge on any atom is -0.381 e. The Morgan fingerprint density at radius 3 is 2.85 bits per heavy atom. The molecule has 13 heavy (non-hydrogen) atoms. The second-order valence-electron chi connectivity index (χ2n) is 3.82. The zero-order valence-corrected chi connectivity index (χ0v) is 8.09. The van der Waals surface area contributed by atoms with Crippen LogP contribution in [-0.4, -0.2) is 24.7 Å². The third-order valence-electron chi connectivity index (χ3n) is 2.10. The molecule has 1 unspecified atom stereocenters. The standard InChI is InChI=1S/C10H15NO2/c1-4-10(2,3)11-9(12)8-5-6-13-7-8/h1,8H,5-7H2,2-3H3,(H,11,12). The van der Waals surface area contributed by atoms with Crippen molar-refractivity contribution >= 4 is 5.91 Å². The van der Waals surface area contributed by atoms with Crippen LogP contribution in [0.3, 0.4) is 0 Å². The van der Waals surface area contributed by atoms with E-state index in [9.17, 15) is 4.79 Å². The molecule has 3 heteroatoms. The van der Waals surface area contributed by atoms with Gasteiger partial charge in [-0.2, -0.15) is 0 Å². The molecule has 1 aliphatic heterocycles. The van der Waals surface area contributed by atoms with Gasteiger partial charge in [0.05, 0.1) is 18.1 Å². The smallest absolute Gasteiger partial charge is 0.226 e. The normalized spacial score (nSPS) is 22.4. The molecular formula is C10H15NO2. The third kappa shape index (κ3) is 2.74. The van der Waals surface area contributed by atoms with Crippen LogP contribution in [0, 0.1) is 18.3 Å². The maximum Gasteiger partial charge on any atom is 0.226 e. The van der Waals surface area contributed by atoms with Crippen molar-refractivity contribution in [2.75, 3.05) is 13.2 Å². The van der Waals surface area contributed by atoms with Crippen LogP contribution in [0.4, 0.5) is 0 Å². The molecule has 1 aliphatic rings. The summed E-state index contributed by atoms with van der Waals surface area (Å²) in [5, 5.41) is 2.79. The molecule has 0 spiro atoms. The van der Waals surface area contributed by atoms with E-state index in [0.29, 0.717) is 13.2 Å². The molecule has 0 aromatic rings. The van der Waals surface area contributed by atoms with Gasteiger partial charge >= 0.3 is 0 Å². The second kappa shape index (κ2) is 3.80. The van der Waals surface area contributed by atoms with E-state index < -0.39 is 5.54 Å². The molecule has 3 nitrogen and oxygen atoms in total. The topological polar surface area (TPSA) is 38.3 Å². The van der Waals surface area contributed by atoms with Crippen molar-refractivity contribution in [3.8, 4) is 12.3 Å². The minimum atomic E-state index is -0.556. The highest BCUT2D eigenvalue weighted by atomic mass is 16.5. The lowest BCUT2D eigenvalue weighted by Crippen LogP contribution is -2.45. The number of amides is 1. The number of hydrogen-bond donors (Lipinski definition) is 1. The number of carbonyl (C=O) groups is 1. The fourth-order valence-electron chi connectivity index (χ4n) is 1.19. The Labute approximate surface area is 78.8 Å². The van der Waals surface area contributed by atoms with Crippen molar-refractivity contribution < 1.29 is 9.53 Å². The first-order chi connectivity index (χ1) is 6.05. The summed E-state index contributed by atoms with van der Waals surface area (Å²) < 4.78 is 5.11. The number of hydrogen-bond acceptors (Lipinski definition) is 2. The molecule has 0 aromatic heterocycles. The Kier molecular flexibility index (Phi) is 2.94. The lowest BCUT2D eigenvalue weighted by molar-refractivity contribution is -0.126. The maximum atomic E-state index is 11.5. The van der Waals surface area contributed by atoms with Gasteiger partial charge in [0.2, 0.25) is 5.91 Å². The van der Waals surface area contributed by atoms with Crippen LogP contribution < -0.4 is 5.32 Å². The second-order valence-corrected chi connectivity index (χ2v) is 3.82. The summed E-state index contributed by atoms with van der Waals surface area (Å²) in [4.78, 5) is 11.5. The molecule has 1 heterocycles. The SMILES string of the molecule is C#CC(C)(C)NC(=O)C1CCOC1. The molecule has 1 atom stereocenters. The number of rotatable bonds is 2. The molecule has 72 valence electrons. The van der Waals surface area contributed by atoms with Gasteiger partial charge in [0.25, 0.3) is 0 Å². The van der Waals surface area contributed by atoms with E-state index in [1.807, 2.05) is 0 Å². The largest absolute Gasteiger partial charge is 0.381 e. The van der Waals surface area contributed by atoms with Crippen LogP contribution in [0.15, 0.2) is 0 Å². The minimum absolute atomic E-state index is 0.000417. The van der Waals surface area contributed by atoms with Gasteiger partial charge in [0.15, 0.2) is 0 Å². The summed E-state index contributed by atoms with van der Waals surface area (Å²) in [6, 6.07) is 0. The Bertz CT molecular complexity index is 234. The molecule has 1 amide bonds. The predicted molar refractivity (Wildman–Crippen MR) is 50.0 cm³/mol. The molecule has 0 radical (unpaired) electrons. The average Bonchev–Trinajstić information content (AvgIpc) is 2.55. The molecule has 1 fully saturated rings. The fourth-order valence-corrected chi connectivity index (χ4v) is 1.19. The summed E-state index contributed by atoms with van der Waals surface area (Å²) in [5.41, 5.74) is -0.556. The van der Waals surface area contributed by atoms with Gasteiger partial charge < -0.3 is 10.1 Å². The van der Waals surface area contributed by atoms with Gasteiger partial charge in [-0.05, 0) is 20.3 Å². The van der Waals surface area contributed by atoms with Crippen molar-refractivity contribution in [1.29, 1.82) is 0 Å². The van der Waals surface area contributed by atoms with Crippen LogP contribution in [0.2, 0.25) is 0 Å². The van der Waals surface area contributed by atoms with Gasteiger partial charge in [-0.3, -0.25) is 4.79 Å². The van der Waals surface area contributed by atoms with Crippen molar-refractivity contribution in [3.63, 3.8) is 0 Å². The van der Waals surface area contributed by atoms with Gasteiger partial charge in [0.1, 0.15) is 0 Å². The lowest BCUT2D eigenvalue weighted by Gasteiger charge is -2.21. The van der Waals surface area contributed by atoms with Crippen LogP contribution in [0.25, 0.3) is 0 Å². The van der Waals surface area contributed by atoms with E-state index in [-0.39, 0.29) is 11.8 Å². The Morgan fingerprint density at radius 1 is 1.69 bits per heavy atom. The first kappa shape index (κ1) is 10.1. The summed E-state index contributed by atoms with van der Waals surface area (Å²) >= 11 is 0. The summed E-state index contributed by atoms with van der Waals surface area (Å²) in [6.07, 6.45) is 6.06. The first-order valence-corrected chi connectivity index (χ1v) is 4.43. The van der Waals surface area contributed by atoms with Crippen molar-refractivity contribution in [1.82, 2.24) is 5.32 Å². The van der Waals surface area contributed by atoms with Crippen molar-refractivity contribution in [2.45, 2.75) is 25.8 Å².